The molecule has 1 aromatic heterocycles. The Morgan fingerprint density at radius 2 is 2.11 bits per heavy atom. The number of aryl methyl sites for hydroxylation is 1. The molecule has 0 aliphatic heterocycles. The lowest BCUT2D eigenvalue weighted by molar-refractivity contribution is -0.137. The monoisotopic (exact) mass is 333 g/mol. The van der Waals surface area contributed by atoms with Crippen LogP contribution in [0.4, 0.5) is 0 Å². The highest BCUT2D eigenvalue weighted by molar-refractivity contribution is 9.10. The number of halogens is 1. The van der Waals surface area contributed by atoms with Gasteiger partial charge in [-0.05, 0) is 54.1 Å². The molecule has 1 aromatic rings. The Hall–Kier alpha value is -0.880. The maximum absolute atomic E-state index is 12.1. The summed E-state index contributed by atoms with van der Waals surface area (Å²) in [6, 6.07) is 0. The summed E-state index contributed by atoms with van der Waals surface area (Å²) >= 11 is 4.75. The molecule has 6 heteroatoms. The number of carboxylic acid groups (broad SMARTS) is 1. The number of aliphatic carboxylic acids is 1. The minimum atomic E-state index is -0.856. The van der Waals surface area contributed by atoms with Gasteiger partial charge in [-0.25, -0.2) is 0 Å². The summed E-state index contributed by atoms with van der Waals surface area (Å²) < 4.78 is 0.805. The van der Waals surface area contributed by atoms with Gasteiger partial charge < -0.3 is 10.4 Å². The molecule has 4 nitrogen and oxygen atoms in total. The molecule has 0 unspecified atom stereocenters. The quantitative estimate of drug-likeness (QED) is 0.869. The summed E-state index contributed by atoms with van der Waals surface area (Å²) in [5.74, 6) is -1.03. The maximum Gasteiger partial charge on any atom is 0.303 e. The van der Waals surface area contributed by atoms with Crippen molar-refractivity contribution in [3.63, 3.8) is 0 Å². The smallest absolute Gasteiger partial charge is 0.303 e. The Labute approximate surface area is 119 Å². The summed E-state index contributed by atoms with van der Waals surface area (Å²) in [5, 5.41) is 13.4. The number of hydrogen-bond donors (Lipinski definition) is 2. The molecule has 1 amide bonds. The predicted octanol–water partition coefficient (Wildman–Crippen LogP) is 3.19. The van der Waals surface area contributed by atoms with E-state index in [1.54, 1.807) is 0 Å². The molecule has 2 N–H and O–H groups in total. The highest BCUT2D eigenvalue weighted by Gasteiger charge is 2.24. The van der Waals surface area contributed by atoms with Gasteiger partial charge in [-0.1, -0.05) is 0 Å². The maximum atomic E-state index is 12.1. The van der Waals surface area contributed by atoms with Gasteiger partial charge in [0.25, 0.3) is 5.91 Å². The molecule has 0 fully saturated rings. The SMILES string of the molecule is Cc1csc(C(=O)NC(C)(C)CCC(=O)O)c1Br. The van der Waals surface area contributed by atoms with E-state index in [1.165, 1.54) is 11.3 Å². The van der Waals surface area contributed by atoms with E-state index in [4.69, 9.17) is 5.11 Å². The molecule has 0 saturated heterocycles. The molecule has 1 heterocycles. The first-order valence-corrected chi connectivity index (χ1v) is 7.18. The number of nitrogens with one attached hydrogen (secondary N) is 1. The largest absolute Gasteiger partial charge is 0.481 e. The number of amides is 1. The van der Waals surface area contributed by atoms with Crippen molar-refractivity contribution in [3.8, 4) is 0 Å². The van der Waals surface area contributed by atoms with Crippen LogP contribution < -0.4 is 5.32 Å². The first-order chi connectivity index (χ1) is 8.23. The molecule has 0 radical (unpaired) electrons. The zero-order chi connectivity index (χ0) is 13.9. The van der Waals surface area contributed by atoms with E-state index >= 15 is 0 Å². The van der Waals surface area contributed by atoms with Gasteiger partial charge in [-0.3, -0.25) is 9.59 Å². The van der Waals surface area contributed by atoms with Crippen molar-refractivity contribution in [2.24, 2.45) is 0 Å². The first-order valence-electron chi connectivity index (χ1n) is 5.51. The molecular weight excluding hydrogens is 318 g/mol. The molecule has 0 aromatic carbocycles. The highest BCUT2D eigenvalue weighted by Crippen LogP contribution is 2.28. The number of carbonyl (C=O) groups is 2. The van der Waals surface area contributed by atoms with Gasteiger partial charge in [-0.2, -0.15) is 0 Å². The van der Waals surface area contributed by atoms with Crippen LogP contribution in [-0.2, 0) is 4.79 Å². The average Bonchev–Trinajstić information content (AvgIpc) is 2.56. The highest BCUT2D eigenvalue weighted by atomic mass is 79.9. The van der Waals surface area contributed by atoms with Gasteiger partial charge in [-0.15, -0.1) is 11.3 Å². The molecule has 0 spiro atoms. The third-order valence-electron chi connectivity index (χ3n) is 2.52. The standard InChI is InChI=1S/C12H16BrNO3S/c1-7-6-18-10(9(7)13)11(17)14-12(2,3)5-4-8(15)16/h6H,4-5H2,1-3H3,(H,14,17)(H,15,16). The number of thiophene rings is 1. The Kier molecular flexibility index (Phi) is 4.92. The molecule has 100 valence electrons. The topological polar surface area (TPSA) is 66.4 Å². The Balaban J connectivity index is 2.69. The van der Waals surface area contributed by atoms with Crippen molar-refractivity contribution in [1.82, 2.24) is 5.32 Å². The minimum absolute atomic E-state index is 0.0396. The Bertz CT molecular complexity index is 468. The van der Waals surface area contributed by atoms with Crippen molar-refractivity contribution >= 4 is 39.1 Å². The zero-order valence-electron chi connectivity index (χ0n) is 10.5. The lowest BCUT2D eigenvalue weighted by Gasteiger charge is -2.25. The van der Waals surface area contributed by atoms with Crippen LogP contribution in [0.25, 0.3) is 0 Å². The van der Waals surface area contributed by atoms with E-state index in [-0.39, 0.29) is 12.3 Å². The summed E-state index contributed by atoms with van der Waals surface area (Å²) in [5.41, 5.74) is 0.487. The van der Waals surface area contributed by atoms with Gasteiger partial charge in [0.2, 0.25) is 0 Å². The summed E-state index contributed by atoms with van der Waals surface area (Å²) in [6.45, 7) is 5.57. The van der Waals surface area contributed by atoms with Crippen LogP contribution in [0.15, 0.2) is 9.85 Å². The fraction of sp³-hybridized carbons (Fsp3) is 0.500. The second-order valence-electron chi connectivity index (χ2n) is 4.79. The average molecular weight is 334 g/mol. The van der Waals surface area contributed by atoms with Crippen LogP contribution in [0.2, 0.25) is 0 Å². The minimum Gasteiger partial charge on any atom is -0.481 e. The third kappa shape index (κ3) is 4.10. The zero-order valence-corrected chi connectivity index (χ0v) is 12.9. The van der Waals surface area contributed by atoms with Gasteiger partial charge >= 0.3 is 5.97 Å². The Morgan fingerprint density at radius 3 is 2.56 bits per heavy atom. The normalized spacial score (nSPS) is 11.3. The van der Waals surface area contributed by atoms with E-state index in [1.807, 2.05) is 26.2 Å². The molecule has 0 aliphatic rings. The molecule has 0 atom stereocenters. The summed E-state index contributed by atoms with van der Waals surface area (Å²) in [4.78, 5) is 23.2. The molecule has 0 bridgehead atoms. The van der Waals surface area contributed by atoms with Crippen molar-refractivity contribution in [1.29, 1.82) is 0 Å². The number of carboxylic acids is 1. The van der Waals surface area contributed by atoms with Crippen molar-refractivity contribution in [2.75, 3.05) is 0 Å². The van der Waals surface area contributed by atoms with Crippen molar-refractivity contribution in [2.45, 2.75) is 39.2 Å². The van der Waals surface area contributed by atoms with Gasteiger partial charge in [0.05, 0.1) is 0 Å². The molecule has 18 heavy (non-hydrogen) atoms. The van der Waals surface area contributed by atoms with E-state index in [9.17, 15) is 9.59 Å². The fourth-order valence-corrected chi connectivity index (χ4v) is 2.99. The summed E-state index contributed by atoms with van der Waals surface area (Å²) in [7, 11) is 0. The lowest BCUT2D eigenvalue weighted by atomic mass is 9.98. The lowest BCUT2D eigenvalue weighted by Crippen LogP contribution is -2.43. The van der Waals surface area contributed by atoms with E-state index in [0.29, 0.717) is 11.3 Å². The third-order valence-corrected chi connectivity index (χ3v) is 4.90. The van der Waals surface area contributed by atoms with Crippen LogP contribution in [0.1, 0.15) is 41.9 Å². The number of hydrogen-bond acceptors (Lipinski definition) is 3. The number of rotatable bonds is 5. The van der Waals surface area contributed by atoms with E-state index in [2.05, 4.69) is 21.2 Å². The predicted molar refractivity (Wildman–Crippen MR) is 75.2 cm³/mol. The van der Waals surface area contributed by atoms with Crippen molar-refractivity contribution in [3.05, 3.63) is 20.3 Å². The molecule has 1 rings (SSSR count). The van der Waals surface area contributed by atoms with Gasteiger partial charge in [0.15, 0.2) is 0 Å². The number of carbonyl (C=O) groups excluding carboxylic acids is 1. The van der Waals surface area contributed by atoms with Crippen molar-refractivity contribution < 1.29 is 14.7 Å². The van der Waals surface area contributed by atoms with E-state index in [0.717, 1.165) is 10.0 Å². The second-order valence-corrected chi connectivity index (χ2v) is 6.47. The van der Waals surface area contributed by atoms with Crippen LogP contribution in [0, 0.1) is 6.92 Å². The molecular formula is C12H16BrNO3S. The first kappa shape index (κ1) is 15.2. The Morgan fingerprint density at radius 1 is 1.50 bits per heavy atom. The molecule has 0 saturated carbocycles. The summed E-state index contributed by atoms with van der Waals surface area (Å²) in [6.07, 6.45) is 0.438. The molecule has 0 aliphatic carbocycles. The fourth-order valence-electron chi connectivity index (χ4n) is 1.43. The van der Waals surface area contributed by atoms with Crippen LogP contribution in [0.3, 0.4) is 0 Å². The van der Waals surface area contributed by atoms with Gasteiger partial charge in [0, 0.05) is 16.4 Å². The van der Waals surface area contributed by atoms with Crippen LogP contribution in [-0.4, -0.2) is 22.5 Å². The van der Waals surface area contributed by atoms with E-state index < -0.39 is 11.5 Å². The van der Waals surface area contributed by atoms with Gasteiger partial charge in [0.1, 0.15) is 4.88 Å². The van der Waals surface area contributed by atoms with Crippen LogP contribution >= 0.6 is 27.3 Å². The van der Waals surface area contributed by atoms with Crippen LogP contribution in [0.5, 0.6) is 0 Å². The second kappa shape index (κ2) is 5.84.